The predicted octanol–water partition coefficient (Wildman–Crippen LogP) is 3.69. The number of aromatic amines is 1. The summed E-state index contributed by atoms with van der Waals surface area (Å²) < 4.78 is 57.9. The van der Waals surface area contributed by atoms with Gasteiger partial charge in [-0.1, -0.05) is 18.2 Å². The van der Waals surface area contributed by atoms with Crippen LogP contribution in [0.2, 0.25) is 0 Å². The zero-order valence-corrected chi connectivity index (χ0v) is 16.1. The molecule has 0 aliphatic carbocycles. The predicted molar refractivity (Wildman–Crippen MR) is 106 cm³/mol. The van der Waals surface area contributed by atoms with Crippen molar-refractivity contribution in [3.8, 4) is 0 Å². The number of aryl methyl sites for hydroxylation is 1. The van der Waals surface area contributed by atoms with Gasteiger partial charge in [0.1, 0.15) is 22.5 Å². The second-order valence-corrected chi connectivity index (χ2v) is 6.83. The summed E-state index contributed by atoms with van der Waals surface area (Å²) in [6.45, 7) is 1.48. The van der Waals surface area contributed by atoms with Crippen molar-refractivity contribution in [3.05, 3.63) is 69.3 Å². The molecular formula is C20H15F4N5O. The van der Waals surface area contributed by atoms with Gasteiger partial charge < -0.3 is 9.88 Å². The second-order valence-electron chi connectivity index (χ2n) is 6.83. The molecule has 2 aromatic heterocycles. The number of H-pyrrole nitrogens is 1. The first-order chi connectivity index (χ1) is 14.2. The topological polar surface area (TPSA) is 66.3 Å². The minimum absolute atomic E-state index is 0.125. The number of aromatic nitrogens is 3. The third-order valence-electron chi connectivity index (χ3n) is 4.69. The second kappa shape index (κ2) is 6.97. The van der Waals surface area contributed by atoms with Gasteiger partial charge in [-0.25, -0.2) is 22.5 Å². The molecule has 0 unspecified atom stereocenters. The maximum absolute atomic E-state index is 14.4. The molecule has 0 atom stereocenters. The Balaban J connectivity index is 1.90. The molecule has 0 spiro atoms. The number of halogens is 4. The highest BCUT2D eigenvalue weighted by Gasteiger charge is 2.26. The number of hydrogen-bond donors (Lipinski definition) is 1. The molecule has 6 nitrogen and oxygen atoms in total. The van der Waals surface area contributed by atoms with Crippen LogP contribution in [-0.4, -0.2) is 35.0 Å². The zero-order chi connectivity index (χ0) is 21.7. The van der Waals surface area contributed by atoms with E-state index >= 15 is 0 Å². The lowest BCUT2D eigenvalue weighted by molar-refractivity contribution is 0.453. The van der Waals surface area contributed by atoms with Crippen molar-refractivity contribution < 1.29 is 17.6 Å². The van der Waals surface area contributed by atoms with Crippen molar-refractivity contribution in [3.63, 3.8) is 0 Å². The molecular weight excluding hydrogens is 402 g/mol. The quantitative estimate of drug-likeness (QED) is 0.314. The van der Waals surface area contributed by atoms with E-state index in [2.05, 4.69) is 15.1 Å². The summed E-state index contributed by atoms with van der Waals surface area (Å²) in [5, 5.41) is 4.47. The molecule has 1 N–H and O–H groups in total. The molecule has 10 heteroatoms. The van der Waals surface area contributed by atoms with E-state index in [1.165, 1.54) is 21.0 Å². The van der Waals surface area contributed by atoms with E-state index in [4.69, 9.17) is 0 Å². The van der Waals surface area contributed by atoms with E-state index in [-0.39, 0.29) is 11.3 Å². The molecule has 30 heavy (non-hydrogen) atoms. The van der Waals surface area contributed by atoms with Gasteiger partial charge in [0.05, 0.1) is 11.8 Å². The SMILES string of the molecule is Cc1nc2c([nH]c3ccccc32)c(=O)n1/N=C/c1c(F)c(F)c(N(C)C)c(F)c1F. The van der Waals surface area contributed by atoms with Gasteiger partial charge in [-0.3, -0.25) is 4.79 Å². The van der Waals surface area contributed by atoms with E-state index in [0.717, 1.165) is 15.0 Å². The highest BCUT2D eigenvalue weighted by Crippen LogP contribution is 2.29. The Labute approximate surface area is 167 Å². The summed E-state index contributed by atoms with van der Waals surface area (Å²) in [6.07, 6.45) is 0.556. The van der Waals surface area contributed by atoms with E-state index in [1.54, 1.807) is 24.3 Å². The van der Waals surface area contributed by atoms with Crippen LogP contribution >= 0.6 is 0 Å². The van der Waals surface area contributed by atoms with Crippen LogP contribution < -0.4 is 10.5 Å². The van der Waals surface area contributed by atoms with Gasteiger partial charge in [-0.15, -0.1) is 0 Å². The Hall–Kier alpha value is -3.69. The maximum atomic E-state index is 14.4. The summed E-state index contributed by atoms with van der Waals surface area (Å²) >= 11 is 0. The van der Waals surface area contributed by atoms with Gasteiger partial charge >= 0.3 is 0 Å². The minimum atomic E-state index is -1.62. The monoisotopic (exact) mass is 417 g/mol. The summed E-state index contributed by atoms with van der Waals surface area (Å²) in [5.41, 5.74) is -1.28. The average Bonchev–Trinajstić information content (AvgIpc) is 3.07. The highest BCUT2D eigenvalue weighted by molar-refractivity contribution is 6.04. The Morgan fingerprint density at radius 2 is 1.70 bits per heavy atom. The van der Waals surface area contributed by atoms with E-state index in [1.807, 2.05) is 0 Å². The first-order valence-corrected chi connectivity index (χ1v) is 8.80. The number of rotatable bonds is 3. The highest BCUT2D eigenvalue weighted by atomic mass is 19.2. The first-order valence-electron chi connectivity index (χ1n) is 8.80. The number of hydrogen-bond acceptors (Lipinski definition) is 4. The van der Waals surface area contributed by atoms with Crippen LogP contribution in [0.3, 0.4) is 0 Å². The Kier molecular flexibility index (Phi) is 4.56. The number of nitrogens with zero attached hydrogens (tertiary/aromatic N) is 4. The minimum Gasteiger partial charge on any atom is -0.373 e. The molecule has 4 aromatic rings. The molecule has 0 bridgehead atoms. The summed E-state index contributed by atoms with van der Waals surface area (Å²) in [6, 6.07) is 7.13. The molecule has 0 fully saturated rings. The molecule has 0 saturated carbocycles. The van der Waals surface area contributed by atoms with Crippen LogP contribution in [-0.2, 0) is 0 Å². The smallest absolute Gasteiger partial charge is 0.298 e. The van der Waals surface area contributed by atoms with Gasteiger partial charge in [0.15, 0.2) is 23.3 Å². The lowest BCUT2D eigenvalue weighted by Crippen LogP contribution is -2.21. The number of benzene rings is 2. The summed E-state index contributed by atoms with van der Waals surface area (Å²) in [5.74, 6) is -6.24. The summed E-state index contributed by atoms with van der Waals surface area (Å²) in [4.78, 5) is 21.0. The fourth-order valence-corrected chi connectivity index (χ4v) is 3.25. The molecule has 2 aromatic carbocycles. The third-order valence-corrected chi connectivity index (χ3v) is 4.69. The molecule has 2 heterocycles. The van der Waals surface area contributed by atoms with Crippen molar-refractivity contribution in [1.29, 1.82) is 0 Å². The first kappa shape index (κ1) is 19.6. The molecule has 0 aliphatic rings. The van der Waals surface area contributed by atoms with Crippen molar-refractivity contribution in [1.82, 2.24) is 14.6 Å². The van der Waals surface area contributed by atoms with E-state index in [0.29, 0.717) is 17.2 Å². The van der Waals surface area contributed by atoms with Crippen molar-refractivity contribution >= 4 is 33.8 Å². The molecule has 0 amide bonds. The van der Waals surface area contributed by atoms with Gasteiger partial charge in [0.2, 0.25) is 0 Å². The molecule has 0 saturated heterocycles. The largest absolute Gasteiger partial charge is 0.373 e. The van der Waals surface area contributed by atoms with Gasteiger partial charge in [0.25, 0.3) is 5.56 Å². The standard InChI is InChI=1S/C20H15F4N5O/c1-9-26-17-10-6-4-5-7-12(10)27-18(17)20(30)29(9)25-8-11-13(21)15(23)19(28(2)3)16(24)14(11)22/h4-8,27H,1-3H3/b25-8+. The average molecular weight is 417 g/mol. The maximum Gasteiger partial charge on any atom is 0.298 e. The van der Waals surface area contributed by atoms with Gasteiger partial charge in [0, 0.05) is 25.0 Å². The number of fused-ring (bicyclic) bond motifs is 3. The van der Waals surface area contributed by atoms with Crippen molar-refractivity contribution in [2.24, 2.45) is 5.10 Å². The van der Waals surface area contributed by atoms with Crippen LogP contribution in [0.1, 0.15) is 11.4 Å². The van der Waals surface area contributed by atoms with Crippen LogP contribution in [0, 0.1) is 30.2 Å². The van der Waals surface area contributed by atoms with Crippen LogP contribution in [0.25, 0.3) is 21.9 Å². The molecule has 154 valence electrons. The summed E-state index contributed by atoms with van der Waals surface area (Å²) in [7, 11) is 2.50. The fourth-order valence-electron chi connectivity index (χ4n) is 3.25. The van der Waals surface area contributed by atoms with Crippen LogP contribution in [0.15, 0.2) is 34.2 Å². The lowest BCUT2D eigenvalue weighted by atomic mass is 10.1. The number of para-hydroxylation sites is 1. The van der Waals surface area contributed by atoms with Crippen LogP contribution in [0.4, 0.5) is 23.2 Å². The Bertz CT molecular complexity index is 1380. The molecule has 4 rings (SSSR count). The lowest BCUT2D eigenvalue weighted by Gasteiger charge is -2.16. The van der Waals surface area contributed by atoms with E-state index < -0.39 is 40.1 Å². The van der Waals surface area contributed by atoms with Gasteiger partial charge in [-0.05, 0) is 13.0 Å². The van der Waals surface area contributed by atoms with E-state index in [9.17, 15) is 22.4 Å². The zero-order valence-electron chi connectivity index (χ0n) is 16.1. The third kappa shape index (κ3) is 2.83. The Morgan fingerprint density at radius 3 is 2.33 bits per heavy atom. The van der Waals surface area contributed by atoms with Gasteiger partial charge in [-0.2, -0.15) is 9.78 Å². The molecule has 0 radical (unpaired) electrons. The Morgan fingerprint density at radius 1 is 1.07 bits per heavy atom. The normalized spacial score (nSPS) is 11.8. The molecule has 0 aliphatic heterocycles. The number of anilines is 1. The fraction of sp³-hybridized carbons (Fsp3) is 0.150. The van der Waals surface area contributed by atoms with Crippen LogP contribution in [0.5, 0.6) is 0 Å². The number of nitrogens with one attached hydrogen (secondary N) is 1. The van der Waals surface area contributed by atoms with Crippen molar-refractivity contribution in [2.45, 2.75) is 6.92 Å². The van der Waals surface area contributed by atoms with Crippen molar-refractivity contribution in [2.75, 3.05) is 19.0 Å².